The fourth-order valence-electron chi connectivity index (χ4n) is 1.50. The molecule has 0 aliphatic rings. The van der Waals surface area contributed by atoms with E-state index < -0.39 is 11.7 Å². The van der Waals surface area contributed by atoms with Crippen molar-refractivity contribution >= 4 is 51.5 Å². The number of hydrogen-bond acceptors (Lipinski definition) is 2. The normalized spacial score (nSPS) is 10.3. The van der Waals surface area contributed by atoms with Gasteiger partial charge in [-0.1, -0.05) is 11.6 Å². The molecule has 0 radical (unpaired) electrons. The Kier molecular flexibility index (Phi) is 4.26. The summed E-state index contributed by atoms with van der Waals surface area (Å²) in [5, 5.41) is 3.19. The molecule has 6 heteroatoms. The third kappa shape index (κ3) is 3.36. The molecule has 0 heterocycles. The second-order valence-corrected chi connectivity index (χ2v) is 5.42. The van der Waals surface area contributed by atoms with Crippen molar-refractivity contribution in [1.82, 2.24) is 0 Å². The van der Waals surface area contributed by atoms with Gasteiger partial charge in [0.2, 0.25) is 0 Å². The van der Waals surface area contributed by atoms with Crippen LogP contribution in [0, 0.1) is 9.39 Å². The number of carbonyl (C=O) groups excluding carboxylic acids is 1. The third-order valence-electron chi connectivity index (χ3n) is 2.41. The van der Waals surface area contributed by atoms with E-state index >= 15 is 0 Å². The first-order chi connectivity index (χ1) is 8.97. The molecule has 3 nitrogen and oxygen atoms in total. The monoisotopic (exact) mass is 390 g/mol. The van der Waals surface area contributed by atoms with E-state index in [0.29, 0.717) is 16.4 Å². The summed E-state index contributed by atoms with van der Waals surface area (Å²) in [4.78, 5) is 12.0. The largest absolute Gasteiger partial charge is 0.399 e. The summed E-state index contributed by atoms with van der Waals surface area (Å²) >= 11 is 7.86. The van der Waals surface area contributed by atoms with Crippen LogP contribution in [0.15, 0.2) is 36.4 Å². The summed E-state index contributed by atoms with van der Waals surface area (Å²) in [5.41, 5.74) is 6.35. The van der Waals surface area contributed by atoms with Crippen molar-refractivity contribution in [1.29, 1.82) is 0 Å². The van der Waals surface area contributed by atoms with Gasteiger partial charge in [-0.15, -0.1) is 0 Å². The van der Waals surface area contributed by atoms with Gasteiger partial charge in [0.05, 0.1) is 11.3 Å². The molecule has 2 aromatic carbocycles. The van der Waals surface area contributed by atoms with Crippen LogP contribution in [0.1, 0.15) is 10.4 Å². The van der Waals surface area contributed by atoms with E-state index in [2.05, 4.69) is 5.32 Å². The number of nitrogens with one attached hydrogen (secondary N) is 1. The van der Waals surface area contributed by atoms with E-state index in [4.69, 9.17) is 17.3 Å². The quantitative estimate of drug-likeness (QED) is 0.603. The maximum atomic E-state index is 13.5. The number of benzene rings is 2. The Labute approximate surface area is 128 Å². The minimum atomic E-state index is -0.615. The first-order valence-corrected chi connectivity index (χ1v) is 6.74. The van der Waals surface area contributed by atoms with Crippen LogP contribution in [0.5, 0.6) is 0 Å². The zero-order valence-corrected chi connectivity index (χ0v) is 12.5. The van der Waals surface area contributed by atoms with Crippen LogP contribution < -0.4 is 11.1 Å². The SMILES string of the molecule is Nc1ccc(F)c(C(=O)Nc2ccc(Cl)cc2I)c1. The summed E-state index contributed by atoms with van der Waals surface area (Å²) in [6.07, 6.45) is 0. The molecule has 0 saturated heterocycles. The molecular formula is C13H9ClFIN2O. The number of halogens is 3. The van der Waals surface area contributed by atoms with Gasteiger partial charge in [-0.05, 0) is 59.0 Å². The Balaban J connectivity index is 2.28. The zero-order chi connectivity index (χ0) is 14.0. The number of nitrogen functional groups attached to an aromatic ring is 1. The minimum Gasteiger partial charge on any atom is -0.399 e. The summed E-state index contributed by atoms with van der Waals surface area (Å²) < 4.78 is 14.3. The molecule has 0 bridgehead atoms. The van der Waals surface area contributed by atoms with Crippen molar-refractivity contribution in [3.8, 4) is 0 Å². The van der Waals surface area contributed by atoms with E-state index in [1.165, 1.54) is 12.1 Å². The van der Waals surface area contributed by atoms with Gasteiger partial charge in [0, 0.05) is 14.3 Å². The molecule has 2 aromatic rings. The van der Waals surface area contributed by atoms with Crippen molar-refractivity contribution in [3.05, 3.63) is 56.4 Å². The molecule has 0 aromatic heterocycles. The van der Waals surface area contributed by atoms with Crippen LogP contribution >= 0.6 is 34.2 Å². The van der Waals surface area contributed by atoms with Crippen LogP contribution in [0.25, 0.3) is 0 Å². The lowest BCUT2D eigenvalue weighted by molar-refractivity contribution is 0.102. The van der Waals surface area contributed by atoms with Crippen LogP contribution in [0.3, 0.4) is 0 Å². The highest BCUT2D eigenvalue weighted by Gasteiger charge is 2.13. The summed E-state index contributed by atoms with van der Waals surface area (Å²) in [6.45, 7) is 0. The molecule has 3 N–H and O–H groups in total. The lowest BCUT2D eigenvalue weighted by atomic mass is 10.1. The summed E-state index contributed by atoms with van der Waals surface area (Å²) in [6, 6.07) is 8.87. The first kappa shape index (κ1) is 14.1. The second kappa shape index (κ2) is 5.75. The topological polar surface area (TPSA) is 55.1 Å². The highest BCUT2D eigenvalue weighted by Crippen LogP contribution is 2.23. The zero-order valence-electron chi connectivity index (χ0n) is 9.58. The van der Waals surface area contributed by atoms with E-state index in [-0.39, 0.29) is 5.56 Å². The first-order valence-electron chi connectivity index (χ1n) is 5.29. The Bertz CT molecular complexity index is 649. The highest BCUT2D eigenvalue weighted by molar-refractivity contribution is 14.1. The standard InChI is InChI=1S/C13H9ClFIN2O/c14-7-1-4-12(11(16)5-7)18-13(19)9-6-8(17)2-3-10(9)15/h1-6H,17H2,(H,18,19). The number of anilines is 2. The minimum absolute atomic E-state index is 0.0919. The van der Waals surface area contributed by atoms with E-state index in [9.17, 15) is 9.18 Å². The maximum absolute atomic E-state index is 13.5. The lowest BCUT2D eigenvalue weighted by Gasteiger charge is -2.09. The Morgan fingerprint density at radius 2 is 2.00 bits per heavy atom. The van der Waals surface area contributed by atoms with Gasteiger partial charge >= 0.3 is 0 Å². The molecule has 19 heavy (non-hydrogen) atoms. The predicted octanol–water partition coefficient (Wildman–Crippen LogP) is 3.92. The fraction of sp³-hybridized carbons (Fsp3) is 0. The van der Waals surface area contributed by atoms with Crippen molar-refractivity contribution in [2.24, 2.45) is 0 Å². The molecular weight excluding hydrogens is 382 g/mol. The van der Waals surface area contributed by atoms with Gasteiger partial charge in [-0.25, -0.2) is 4.39 Å². The molecule has 1 amide bonds. The Morgan fingerprint density at radius 3 is 2.68 bits per heavy atom. The van der Waals surface area contributed by atoms with Gasteiger partial charge in [-0.2, -0.15) is 0 Å². The van der Waals surface area contributed by atoms with Crippen molar-refractivity contribution in [2.45, 2.75) is 0 Å². The Hall–Kier alpha value is -1.34. The van der Waals surface area contributed by atoms with Gasteiger partial charge in [-0.3, -0.25) is 4.79 Å². The van der Waals surface area contributed by atoms with E-state index in [0.717, 1.165) is 9.64 Å². The molecule has 2 rings (SSSR count). The van der Waals surface area contributed by atoms with E-state index in [1.807, 2.05) is 22.6 Å². The van der Waals surface area contributed by atoms with Crippen LogP contribution in [-0.4, -0.2) is 5.91 Å². The number of hydrogen-bond donors (Lipinski definition) is 2. The fourth-order valence-corrected chi connectivity index (χ4v) is 2.50. The maximum Gasteiger partial charge on any atom is 0.258 e. The average Bonchev–Trinajstić information content (AvgIpc) is 2.35. The van der Waals surface area contributed by atoms with Crippen LogP contribution in [0.4, 0.5) is 15.8 Å². The molecule has 0 unspecified atom stereocenters. The predicted molar refractivity (Wildman–Crippen MR) is 82.9 cm³/mol. The van der Waals surface area contributed by atoms with Crippen LogP contribution in [-0.2, 0) is 0 Å². The molecule has 0 saturated carbocycles. The average molecular weight is 391 g/mol. The summed E-state index contributed by atoms with van der Waals surface area (Å²) in [5.74, 6) is -1.17. The van der Waals surface area contributed by atoms with Crippen LogP contribution in [0.2, 0.25) is 5.02 Å². The van der Waals surface area contributed by atoms with Gasteiger partial charge in [0.1, 0.15) is 5.82 Å². The van der Waals surface area contributed by atoms with Gasteiger partial charge in [0.15, 0.2) is 0 Å². The second-order valence-electron chi connectivity index (χ2n) is 3.82. The molecule has 0 aliphatic heterocycles. The Morgan fingerprint density at radius 1 is 1.26 bits per heavy atom. The smallest absolute Gasteiger partial charge is 0.258 e. The number of carbonyl (C=O) groups is 1. The lowest BCUT2D eigenvalue weighted by Crippen LogP contribution is -2.15. The van der Waals surface area contributed by atoms with Gasteiger partial charge in [0.25, 0.3) is 5.91 Å². The molecule has 0 spiro atoms. The molecule has 0 atom stereocenters. The summed E-state index contributed by atoms with van der Waals surface area (Å²) in [7, 11) is 0. The molecule has 0 aliphatic carbocycles. The number of rotatable bonds is 2. The third-order valence-corrected chi connectivity index (χ3v) is 3.54. The highest BCUT2D eigenvalue weighted by atomic mass is 127. The number of amides is 1. The van der Waals surface area contributed by atoms with E-state index in [1.54, 1.807) is 18.2 Å². The molecule has 0 fully saturated rings. The van der Waals surface area contributed by atoms with Crippen molar-refractivity contribution < 1.29 is 9.18 Å². The van der Waals surface area contributed by atoms with Crippen molar-refractivity contribution in [3.63, 3.8) is 0 Å². The van der Waals surface area contributed by atoms with Gasteiger partial charge < -0.3 is 11.1 Å². The number of nitrogens with two attached hydrogens (primary N) is 1. The van der Waals surface area contributed by atoms with Crippen molar-refractivity contribution in [2.75, 3.05) is 11.1 Å². The molecule has 98 valence electrons.